The zero-order chi connectivity index (χ0) is 18.4. The molecule has 1 heterocycles. The van der Waals surface area contributed by atoms with Crippen molar-refractivity contribution in [3.8, 4) is 0 Å². The van der Waals surface area contributed by atoms with E-state index in [0.717, 1.165) is 5.56 Å². The molecular weight excluding hydrogens is 346 g/mol. The van der Waals surface area contributed by atoms with E-state index in [1.807, 2.05) is 42.6 Å². The first kappa shape index (κ1) is 17.7. The van der Waals surface area contributed by atoms with Crippen molar-refractivity contribution in [3.63, 3.8) is 0 Å². The highest BCUT2D eigenvalue weighted by atomic mass is 32.1. The van der Waals surface area contributed by atoms with Crippen molar-refractivity contribution in [1.29, 1.82) is 0 Å². The van der Waals surface area contributed by atoms with E-state index in [2.05, 4.69) is 16.0 Å². The standard InChI is InChI=1S/C20H19N3O2S/c1-14-7-9-15(10-8-14)13-21-20(25)23-17-5-2-4-16(12-17)22-19(24)18-6-3-11-26-18/h2-12H,13H2,1H3,(H,22,24)(H2,21,23,25). The molecule has 6 heteroatoms. The van der Waals surface area contributed by atoms with Gasteiger partial charge in [0.1, 0.15) is 0 Å². The summed E-state index contributed by atoms with van der Waals surface area (Å²) < 4.78 is 0. The van der Waals surface area contributed by atoms with Gasteiger partial charge >= 0.3 is 6.03 Å². The molecule has 0 radical (unpaired) electrons. The summed E-state index contributed by atoms with van der Waals surface area (Å²) in [5, 5.41) is 10.3. The minimum absolute atomic E-state index is 0.166. The average molecular weight is 365 g/mol. The summed E-state index contributed by atoms with van der Waals surface area (Å²) in [6.07, 6.45) is 0. The number of nitrogens with one attached hydrogen (secondary N) is 3. The number of anilines is 2. The summed E-state index contributed by atoms with van der Waals surface area (Å²) >= 11 is 1.38. The summed E-state index contributed by atoms with van der Waals surface area (Å²) in [5.41, 5.74) is 3.44. The first-order valence-electron chi connectivity index (χ1n) is 8.15. The van der Waals surface area contributed by atoms with Gasteiger partial charge in [-0.15, -0.1) is 11.3 Å². The van der Waals surface area contributed by atoms with Crippen molar-refractivity contribution in [3.05, 3.63) is 82.0 Å². The molecule has 0 unspecified atom stereocenters. The average Bonchev–Trinajstić information content (AvgIpc) is 3.16. The third kappa shape index (κ3) is 4.94. The van der Waals surface area contributed by atoms with Crippen LogP contribution in [-0.2, 0) is 6.54 Å². The van der Waals surface area contributed by atoms with Gasteiger partial charge in [0, 0.05) is 17.9 Å². The number of carbonyl (C=O) groups is 2. The van der Waals surface area contributed by atoms with Crippen molar-refractivity contribution in [2.24, 2.45) is 0 Å². The Morgan fingerprint density at radius 1 is 0.923 bits per heavy atom. The fourth-order valence-corrected chi connectivity index (χ4v) is 2.96. The minimum Gasteiger partial charge on any atom is -0.334 e. The predicted molar refractivity (Wildman–Crippen MR) is 106 cm³/mol. The van der Waals surface area contributed by atoms with E-state index in [1.165, 1.54) is 16.9 Å². The number of hydrogen-bond acceptors (Lipinski definition) is 3. The topological polar surface area (TPSA) is 70.2 Å². The summed E-state index contributed by atoms with van der Waals surface area (Å²) in [5.74, 6) is -0.166. The first-order chi connectivity index (χ1) is 12.6. The summed E-state index contributed by atoms with van der Waals surface area (Å²) in [7, 11) is 0. The van der Waals surface area contributed by atoms with Crippen molar-refractivity contribution in [2.75, 3.05) is 10.6 Å². The fourth-order valence-electron chi connectivity index (χ4n) is 2.34. The van der Waals surface area contributed by atoms with Crippen LogP contribution in [-0.4, -0.2) is 11.9 Å². The Balaban J connectivity index is 1.55. The minimum atomic E-state index is -0.299. The van der Waals surface area contributed by atoms with Crippen LogP contribution in [0.2, 0.25) is 0 Å². The highest BCUT2D eigenvalue weighted by Crippen LogP contribution is 2.17. The second-order valence-corrected chi connectivity index (χ2v) is 6.75. The van der Waals surface area contributed by atoms with Gasteiger partial charge in [-0.3, -0.25) is 4.79 Å². The fraction of sp³-hybridized carbons (Fsp3) is 0.100. The van der Waals surface area contributed by atoms with Gasteiger partial charge in [0.2, 0.25) is 0 Å². The first-order valence-corrected chi connectivity index (χ1v) is 9.03. The van der Waals surface area contributed by atoms with Crippen LogP contribution < -0.4 is 16.0 Å². The van der Waals surface area contributed by atoms with Crippen LogP contribution in [0, 0.1) is 6.92 Å². The lowest BCUT2D eigenvalue weighted by atomic mass is 10.1. The van der Waals surface area contributed by atoms with Crippen molar-refractivity contribution < 1.29 is 9.59 Å². The van der Waals surface area contributed by atoms with Crippen LogP contribution in [0.25, 0.3) is 0 Å². The van der Waals surface area contributed by atoms with Crippen LogP contribution in [0.1, 0.15) is 20.8 Å². The van der Waals surface area contributed by atoms with Crippen molar-refractivity contribution >= 4 is 34.6 Å². The lowest BCUT2D eigenvalue weighted by Gasteiger charge is -2.10. The number of amides is 3. The molecular formula is C20H19N3O2S. The molecule has 0 aliphatic carbocycles. The molecule has 0 saturated carbocycles. The Morgan fingerprint density at radius 3 is 2.35 bits per heavy atom. The second kappa shape index (κ2) is 8.31. The quantitative estimate of drug-likeness (QED) is 0.617. The summed E-state index contributed by atoms with van der Waals surface area (Å²) in [4.78, 5) is 24.8. The van der Waals surface area contributed by atoms with Crippen LogP contribution in [0.3, 0.4) is 0 Å². The third-order valence-electron chi connectivity index (χ3n) is 3.70. The zero-order valence-corrected chi connectivity index (χ0v) is 15.1. The SMILES string of the molecule is Cc1ccc(CNC(=O)Nc2cccc(NC(=O)c3cccs3)c2)cc1. The molecule has 1 aromatic heterocycles. The van der Waals surface area contributed by atoms with E-state index in [-0.39, 0.29) is 11.9 Å². The largest absolute Gasteiger partial charge is 0.334 e. The normalized spacial score (nSPS) is 10.2. The Bertz CT molecular complexity index is 890. The molecule has 0 bridgehead atoms. The third-order valence-corrected chi connectivity index (χ3v) is 4.57. The molecule has 5 nitrogen and oxygen atoms in total. The summed E-state index contributed by atoms with van der Waals surface area (Å²) in [6.45, 7) is 2.47. The predicted octanol–water partition coefficient (Wildman–Crippen LogP) is 4.63. The molecule has 3 aromatic rings. The van der Waals surface area contributed by atoms with E-state index in [0.29, 0.717) is 22.8 Å². The molecule has 132 valence electrons. The van der Waals surface area contributed by atoms with Gasteiger partial charge in [-0.25, -0.2) is 4.79 Å². The lowest BCUT2D eigenvalue weighted by molar-refractivity contribution is 0.103. The van der Waals surface area contributed by atoms with E-state index >= 15 is 0 Å². The van der Waals surface area contributed by atoms with E-state index in [9.17, 15) is 9.59 Å². The van der Waals surface area contributed by atoms with Crippen LogP contribution in [0.15, 0.2) is 66.0 Å². The van der Waals surface area contributed by atoms with Gasteiger partial charge in [-0.05, 0) is 42.1 Å². The molecule has 0 fully saturated rings. The number of benzene rings is 2. The Morgan fingerprint density at radius 2 is 1.65 bits per heavy atom. The number of urea groups is 1. The number of thiophene rings is 1. The Kier molecular flexibility index (Phi) is 5.66. The van der Waals surface area contributed by atoms with Gasteiger partial charge in [-0.2, -0.15) is 0 Å². The Labute approximate surface area is 156 Å². The number of hydrogen-bond donors (Lipinski definition) is 3. The highest BCUT2D eigenvalue weighted by Gasteiger charge is 2.08. The van der Waals surface area contributed by atoms with Crippen molar-refractivity contribution in [1.82, 2.24) is 5.32 Å². The monoisotopic (exact) mass is 365 g/mol. The molecule has 0 spiro atoms. The molecule has 3 N–H and O–H groups in total. The van der Waals surface area contributed by atoms with Crippen LogP contribution in [0.5, 0.6) is 0 Å². The van der Waals surface area contributed by atoms with Crippen LogP contribution in [0.4, 0.5) is 16.2 Å². The highest BCUT2D eigenvalue weighted by molar-refractivity contribution is 7.12. The molecule has 0 saturated heterocycles. The van der Waals surface area contributed by atoms with E-state index in [1.54, 1.807) is 30.3 Å². The van der Waals surface area contributed by atoms with Gasteiger partial charge in [0.25, 0.3) is 5.91 Å². The van der Waals surface area contributed by atoms with E-state index < -0.39 is 0 Å². The second-order valence-electron chi connectivity index (χ2n) is 5.81. The maximum Gasteiger partial charge on any atom is 0.319 e. The molecule has 3 amide bonds. The van der Waals surface area contributed by atoms with Crippen LogP contribution >= 0.6 is 11.3 Å². The van der Waals surface area contributed by atoms with Gasteiger partial charge in [0.15, 0.2) is 0 Å². The molecule has 2 aromatic carbocycles. The maximum atomic E-state index is 12.1. The smallest absolute Gasteiger partial charge is 0.319 e. The molecule has 0 aliphatic rings. The zero-order valence-electron chi connectivity index (χ0n) is 14.3. The molecule has 3 rings (SSSR count). The summed E-state index contributed by atoms with van der Waals surface area (Å²) in [6, 6.07) is 18.3. The lowest BCUT2D eigenvalue weighted by Crippen LogP contribution is -2.28. The number of aryl methyl sites for hydroxylation is 1. The molecule has 0 atom stereocenters. The molecule has 26 heavy (non-hydrogen) atoms. The Hall–Kier alpha value is -3.12. The maximum absolute atomic E-state index is 12.1. The van der Waals surface area contributed by atoms with E-state index in [4.69, 9.17) is 0 Å². The number of carbonyl (C=O) groups excluding carboxylic acids is 2. The van der Waals surface area contributed by atoms with Crippen molar-refractivity contribution in [2.45, 2.75) is 13.5 Å². The number of rotatable bonds is 5. The van der Waals surface area contributed by atoms with Gasteiger partial charge in [0.05, 0.1) is 4.88 Å². The van der Waals surface area contributed by atoms with Gasteiger partial charge < -0.3 is 16.0 Å². The van der Waals surface area contributed by atoms with Gasteiger partial charge in [-0.1, -0.05) is 42.0 Å². The molecule has 0 aliphatic heterocycles.